The average molecular weight is 348 g/mol. The highest BCUT2D eigenvalue weighted by atomic mass is 35.5. The Hall–Kier alpha value is -3.06. The molecule has 2 aromatic carbocycles. The predicted molar refractivity (Wildman–Crippen MR) is 90.3 cm³/mol. The average Bonchev–Trinajstić information content (AvgIpc) is 2.53. The zero-order chi connectivity index (χ0) is 17.7. The van der Waals surface area contributed by atoms with E-state index in [0.717, 1.165) is 17.8 Å². The van der Waals surface area contributed by atoms with Crippen LogP contribution in [0.25, 0.3) is 0 Å². The number of phenolic OH excluding ortho intramolecular Hbond substituents is 2. The van der Waals surface area contributed by atoms with Crippen molar-refractivity contribution >= 4 is 35.3 Å². The fourth-order valence-electron chi connectivity index (χ4n) is 1.71. The van der Waals surface area contributed by atoms with Gasteiger partial charge in [-0.25, -0.2) is 5.43 Å². The Bertz CT molecular complexity index is 821. The minimum absolute atomic E-state index is 0.107. The third kappa shape index (κ3) is 4.47. The number of hydrogen-bond donors (Lipinski definition) is 4. The standard InChI is InChI=1S/C16H14ClN3O4/c1-9-2-4-11(6-13(9)17)19-15(23)16(24)20-18-8-10-3-5-12(21)7-14(10)22/h2-8,21-22H,1H3,(H,19,23)(H,20,24)/b18-8-. The van der Waals surface area contributed by atoms with Gasteiger partial charge in [0.15, 0.2) is 0 Å². The second-order valence-corrected chi connectivity index (χ2v) is 5.27. The number of carbonyl (C=O) groups is 2. The van der Waals surface area contributed by atoms with E-state index >= 15 is 0 Å². The summed E-state index contributed by atoms with van der Waals surface area (Å²) in [6.07, 6.45) is 1.14. The lowest BCUT2D eigenvalue weighted by Gasteiger charge is -2.05. The molecule has 0 fully saturated rings. The van der Waals surface area contributed by atoms with E-state index in [2.05, 4.69) is 10.4 Å². The van der Waals surface area contributed by atoms with E-state index in [-0.39, 0.29) is 17.1 Å². The lowest BCUT2D eigenvalue weighted by molar-refractivity contribution is -0.136. The molecule has 0 atom stereocenters. The molecule has 0 unspecified atom stereocenters. The summed E-state index contributed by atoms with van der Waals surface area (Å²) < 4.78 is 0. The van der Waals surface area contributed by atoms with Gasteiger partial charge >= 0.3 is 11.8 Å². The number of rotatable bonds is 3. The van der Waals surface area contributed by atoms with Gasteiger partial charge in [-0.3, -0.25) is 9.59 Å². The molecule has 124 valence electrons. The smallest absolute Gasteiger partial charge is 0.329 e. The first-order chi connectivity index (χ1) is 11.4. The van der Waals surface area contributed by atoms with Crippen LogP contribution in [0.1, 0.15) is 11.1 Å². The molecular formula is C16H14ClN3O4. The second kappa shape index (κ2) is 7.47. The van der Waals surface area contributed by atoms with E-state index in [1.54, 1.807) is 12.1 Å². The molecule has 0 aliphatic carbocycles. The number of hydrazone groups is 1. The first-order valence-corrected chi connectivity index (χ1v) is 7.17. The predicted octanol–water partition coefficient (Wildman–Crippen LogP) is 2.15. The highest BCUT2D eigenvalue weighted by Gasteiger charge is 2.13. The van der Waals surface area contributed by atoms with Crippen molar-refractivity contribution in [1.82, 2.24) is 5.43 Å². The summed E-state index contributed by atoms with van der Waals surface area (Å²) in [6.45, 7) is 1.81. The third-order valence-corrected chi connectivity index (χ3v) is 3.43. The quantitative estimate of drug-likeness (QED) is 0.387. The molecule has 4 N–H and O–H groups in total. The number of halogens is 1. The van der Waals surface area contributed by atoms with Crippen molar-refractivity contribution < 1.29 is 19.8 Å². The van der Waals surface area contributed by atoms with Gasteiger partial charge in [-0.15, -0.1) is 0 Å². The lowest BCUT2D eigenvalue weighted by atomic mass is 10.2. The highest BCUT2D eigenvalue weighted by molar-refractivity contribution is 6.39. The monoisotopic (exact) mass is 347 g/mol. The molecule has 0 heterocycles. The minimum Gasteiger partial charge on any atom is -0.508 e. The van der Waals surface area contributed by atoms with Gasteiger partial charge in [0, 0.05) is 22.3 Å². The van der Waals surface area contributed by atoms with Crippen LogP contribution in [0.3, 0.4) is 0 Å². The summed E-state index contributed by atoms with van der Waals surface area (Å²) in [6, 6.07) is 8.72. The van der Waals surface area contributed by atoms with Crippen molar-refractivity contribution in [2.75, 3.05) is 5.32 Å². The number of nitrogens with zero attached hydrogens (tertiary/aromatic N) is 1. The molecular weight excluding hydrogens is 334 g/mol. The molecule has 0 aliphatic heterocycles. The highest BCUT2D eigenvalue weighted by Crippen LogP contribution is 2.21. The van der Waals surface area contributed by atoms with Gasteiger partial charge in [0.25, 0.3) is 0 Å². The maximum atomic E-state index is 11.7. The number of nitrogens with one attached hydrogen (secondary N) is 2. The summed E-state index contributed by atoms with van der Waals surface area (Å²) in [5.74, 6) is -2.22. The Labute approximate surface area is 142 Å². The Balaban J connectivity index is 1.95. The molecule has 0 bridgehead atoms. The van der Waals surface area contributed by atoms with Gasteiger partial charge in [-0.1, -0.05) is 17.7 Å². The molecule has 8 heteroatoms. The molecule has 0 spiro atoms. The first kappa shape index (κ1) is 17.3. The summed E-state index contributed by atoms with van der Waals surface area (Å²) in [5, 5.41) is 25.1. The van der Waals surface area contributed by atoms with Crippen LogP contribution in [0.2, 0.25) is 5.02 Å². The van der Waals surface area contributed by atoms with Crippen molar-refractivity contribution in [2.24, 2.45) is 5.10 Å². The normalized spacial score (nSPS) is 10.6. The van der Waals surface area contributed by atoms with E-state index < -0.39 is 11.8 Å². The second-order valence-electron chi connectivity index (χ2n) is 4.86. The van der Waals surface area contributed by atoms with E-state index in [9.17, 15) is 14.7 Å². The fourth-order valence-corrected chi connectivity index (χ4v) is 1.89. The van der Waals surface area contributed by atoms with Crippen LogP contribution in [-0.2, 0) is 9.59 Å². The van der Waals surface area contributed by atoms with Crippen molar-refractivity contribution in [3.63, 3.8) is 0 Å². The Morgan fingerprint density at radius 2 is 1.88 bits per heavy atom. The number of phenols is 2. The van der Waals surface area contributed by atoms with Crippen LogP contribution in [0, 0.1) is 6.92 Å². The van der Waals surface area contributed by atoms with Gasteiger partial charge in [0.1, 0.15) is 11.5 Å². The van der Waals surface area contributed by atoms with Crippen LogP contribution in [0.15, 0.2) is 41.5 Å². The van der Waals surface area contributed by atoms with Crippen molar-refractivity contribution in [2.45, 2.75) is 6.92 Å². The third-order valence-electron chi connectivity index (χ3n) is 3.02. The van der Waals surface area contributed by atoms with Crippen LogP contribution in [-0.4, -0.2) is 28.2 Å². The lowest BCUT2D eigenvalue weighted by Crippen LogP contribution is -2.32. The number of aromatic hydroxyl groups is 2. The zero-order valence-electron chi connectivity index (χ0n) is 12.6. The molecule has 2 aromatic rings. The van der Waals surface area contributed by atoms with Gasteiger partial charge in [-0.2, -0.15) is 5.10 Å². The molecule has 2 amide bonds. The van der Waals surface area contributed by atoms with Crippen molar-refractivity contribution in [3.05, 3.63) is 52.5 Å². The molecule has 2 rings (SSSR count). The van der Waals surface area contributed by atoms with Gasteiger partial charge in [0.05, 0.1) is 6.21 Å². The molecule has 24 heavy (non-hydrogen) atoms. The van der Waals surface area contributed by atoms with Gasteiger partial charge in [0.2, 0.25) is 0 Å². The summed E-state index contributed by atoms with van der Waals surface area (Å²) >= 11 is 5.94. The summed E-state index contributed by atoms with van der Waals surface area (Å²) in [7, 11) is 0. The molecule has 0 radical (unpaired) electrons. The van der Waals surface area contributed by atoms with E-state index in [0.29, 0.717) is 10.7 Å². The van der Waals surface area contributed by atoms with E-state index in [4.69, 9.17) is 16.7 Å². The largest absolute Gasteiger partial charge is 0.508 e. The van der Waals surface area contributed by atoms with Crippen molar-refractivity contribution in [1.29, 1.82) is 0 Å². The molecule has 0 aromatic heterocycles. The van der Waals surface area contributed by atoms with E-state index in [1.165, 1.54) is 18.2 Å². The van der Waals surface area contributed by atoms with Gasteiger partial charge < -0.3 is 15.5 Å². The van der Waals surface area contributed by atoms with Crippen molar-refractivity contribution in [3.8, 4) is 11.5 Å². The summed E-state index contributed by atoms with van der Waals surface area (Å²) in [4.78, 5) is 23.4. The number of amides is 2. The maximum Gasteiger partial charge on any atom is 0.329 e. The molecule has 7 nitrogen and oxygen atoms in total. The Morgan fingerprint density at radius 1 is 1.12 bits per heavy atom. The zero-order valence-corrected chi connectivity index (χ0v) is 13.3. The van der Waals surface area contributed by atoms with Crippen LogP contribution >= 0.6 is 11.6 Å². The number of benzene rings is 2. The first-order valence-electron chi connectivity index (χ1n) is 6.79. The van der Waals surface area contributed by atoms with E-state index in [1.807, 2.05) is 12.3 Å². The Morgan fingerprint density at radius 3 is 2.54 bits per heavy atom. The number of hydrogen-bond acceptors (Lipinski definition) is 5. The topological polar surface area (TPSA) is 111 Å². The fraction of sp³-hybridized carbons (Fsp3) is 0.0625. The van der Waals surface area contributed by atoms with Gasteiger partial charge in [-0.05, 0) is 36.8 Å². The number of anilines is 1. The van der Waals surface area contributed by atoms with Crippen LogP contribution in [0.5, 0.6) is 11.5 Å². The minimum atomic E-state index is -0.985. The molecule has 0 saturated carbocycles. The Kier molecular flexibility index (Phi) is 5.39. The summed E-state index contributed by atoms with van der Waals surface area (Å²) in [5.41, 5.74) is 3.52. The molecule has 0 aliphatic rings. The van der Waals surface area contributed by atoms with Crippen LogP contribution < -0.4 is 10.7 Å². The maximum absolute atomic E-state index is 11.7. The number of aryl methyl sites for hydroxylation is 1. The molecule has 0 saturated heterocycles. The number of carbonyl (C=O) groups excluding carboxylic acids is 2. The van der Waals surface area contributed by atoms with Crippen LogP contribution in [0.4, 0.5) is 5.69 Å². The SMILES string of the molecule is Cc1ccc(NC(=O)C(=O)N/N=C\c2ccc(O)cc2O)cc1Cl.